The van der Waals surface area contributed by atoms with Gasteiger partial charge < -0.3 is 0 Å². The lowest BCUT2D eigenvalue weighted by Crippen LogP contribution is -2.23. The van der Waals surface area contributed by atoms with Crippen LogP contribution in [0.25, 0.3) is 10.9 Å². The van der Waals surface area contributed by atoms with Crippen LogP contribution in [0.1, 0.15) is 34.9 Å². The van der Waals surface area contributed by atoms with Gasteiger partial charge in [-0.2, -0.15) is 0 Å². The maximum atomic E-state index is 13.2. The third kappa shape index (κ3) is 2.37. The lowest BCUT2D eigenvalue weighted by molar-refractivity contribution is 0.0957. The smallest absolute Gasteiger partial charge is 0.262 e. The van der Waals surface area contributed by atoms with Gasteiger partial charge in [0.25, 0.3) is 5.91 Å². The summed E-state index contributed by atoms with van der Waals surface area (Å²) >= 11 is 0. The molecule has 1 aliphatic rings. The highest BCUT2D eigenvalue weighted by Gasteiger charge is 2.28. The van der Waals surface area contributed by atoms with Crippen LogP contribution in [-0.4, -0.2) is 29.0 Å². The van der Waals surface area contributed by atoms with Crippen LogP contribution in [0.5, 0.6) is 0 Å². The maximum Gasteiger partial charge on any atom is 0.262 e. The van der Waals surface area contributed by atoms with Crippen molar-refractivity contribution in [2.75, 3.05) is 13.6 Å². The summed E-state index contributed by atoms with van der Waals surface area (Å²) in [6, 6.07) is 20.2. The van der Waals surface area contributed by atoms with E-state index in [1.807, 2.05) is 53.1 Å². The Morgan fingerprint density at radius 3 is 2.52 bits per heavy atom. The van der Waals surface area contributed by atoms with Crippen molar-refractivity contribution in [3.05, 3.63) is 71.9 Å². The molecule has 3 aromatic rings. The van der Waals surface area contributed by atoms with Gasteiger partial charge in [-0.1, -0.05) is 36.4 Å². The van der Waals surface area contributed by atoms with E-state index in [2.05, 4.69) is 24.1 Å². The largest absolute Gasteiger partial charge is 0.298 e. The van der Waals surface area contributed by atoms with Gasteiger partial charge in [0.1, 0.15) is 0 Å². The standard InChI is InChI=1S/C20H20N2O/c1-21-13-7-12-18(21)19-14-16-10-5-6-11-17(16)22(19)20(23)15-8-3-2-4-9-15/h2-6,8-11,14,18H,7,12-13H2,1H3. The molecule has 0 N–H and O–H groups in total. The van der Waals surface area contributed by atoms with E-state index in [1.54, 1.807) is 0 Å². The van der Waals surface area contributed by atoms with E-state index in [9.17, 15) is 4.79 Å². The molecule has 0 amide bonds. The molecule has 0 spiro atoms. The number of aromatic nitrogens is 1. The van der Waals surface area contributed by atoms with E-state index in [-0.39, 0.29) is 5.91 Å². The molecule has 3 nitrogen and oxygen atoms in total. The van der Waals surface area contributed by atoms with Crippen LogP contribution >= 0.6 is 0 Å². The van der Waals surface area contributed by atoms with E-state index >= 15 is 0 Å². The first kappa shape index (κ1) is 14.2. The van der Waals surface area contributed by atoms with Crippen molar-refractivity contribution < 1.29 is 4.79 Å². The molecule has 4 rings (SSSR count). The Balaban J connectivity index is 1.91. The predicted octanol–water partition coefficient (Wildman–Crippen LogP) is 4.10. The third-order valence-corrected chi connectivity index (χ3v) is 4.82. The van der Waals surface area contributed by atoms with Crippen LogP contribution in [0, 0.1) is 0 Å². The number of hydrogen-bond donors (Lipinski definition) is 0. The summed E-state index contributed by atoms with van der Waals surface area (Å²) in [7, 11) is 2.15. The van der Waals surface area contributed by atoms with E-state index in [1.165, 1.54) is 6.42 Å². The van der Waals surface area contributed by atoms with Crippen molar-refractivity contribution in [2.45, 2.75) is 18.9 Å². The fraction of sp³-hybridized carbons (Fsp3) is 0.250. The van der Waals surface area contributed by atoms with Gasteiger partial charge in [0.2, 0.25) is 0 Å². The van der Waals surface area contributed by atoms with Crippen molar-refractivity contribution in [1.29, 1.82) is 0 Å². The Kier molecular flexibility index (Phi) is 3.50. The zero-order valence-corrected chi connectivity index (χ0v) is 13.3. The molecular formula is C20H20N2O. The molecule has 1 unspecified atom stereocenters. The van der Waals surface area contributed by atoms with Crippen molar-refractivity contribution >= 4 is 16.8 Å². The molecule has 116 valence electrons. The molecule has 0 aliphatic carbocycles. The second-order valence-electron chi connectivity index (χ2n) is 6.27. The molecule has 0 saturated carbocycles. The Labute approximate surface area is 136 Å². The number of carbonyl (C=O) groups is 1. The highest BCUT2D eigenvalue weighted by Crippen LogP contribution is 2.34. The van der Waals surface area contributed by atoms with Crippen molar-refractivity contribution in [3.63, 3.8) is 0 Å². The molecule has 3 heteroatoms. The molecule has 1 fully saturated rings. The number of benzene rings is 2. The normalized spacial score (nSPS) is 18.6. The Morgan fingerprint density at radius 1 is 1.04 bits per heavy atom. The summed E-state index contributed by atoms with van der Waals surface area (Å²) in [4.78, 5) is 15.5. The summed E-state index contributed by atoms with van der Waals surface area (Å²) in [5.41, 5.74) is 2.84. The van der Waals surface area contributed by atoms with Gasteiger partial charge >= 0.3 is 0 Å². The van der Waals surface area contributed by atoms with Crippen LogP contribution in [0.15, 0.2) is 60.7 Å². The topological polar surface area (TPSA) is 25.2 Å². The number of para-hydroxylation sites is 1. The second-order valence-corrected chi connectivity index (χ2v) is 6.27. The van der Waals surface area contributed by atoms with Crippen LogP contribution < -0.4 is 0 Å². The van der Waals surface area contributed by atoms with Crippen LogP contribution in [-0.2, 0) is 0 Å². The quantitative estimate of drug-likeness (QED) is 0.712. The van der Waals surface area contributed by atoms with Crippen molar-refractivity contribution in [3.8, 4) is 0 Å². The summed E-state index contributed by atoms with van der Waals surface area (Å²) in [5.74, 6) is 0.0575. The number of carbonyl (C=O) groups excluding carboxylic acids is 1. The summed E-state index contributed by atoms with van der Waals surface area (Å²) in [6.07, 6.45) is 2.29. The van der Waals surface area contributed by atoms with Crippen molar-refractivity contribution in [2.24, 2.45) is 0 Å². The summed E-state index contributed by atoms with van der Waals surface area (Å²) < 4.78 is 1.91. The van der Waals surface area contributed by atoms with E-state index in [0.717, 1.165) is 35.1 Å². The number of likely N-dealkylation sites (tertiary alicyclic amines) is 1. The molecule has 2 heterocycles. The number of nitrogens with zero attached hydrogens (tertiary/aromatic N) is 2. The van der Waals surface area contributed by atoms with Gasteiger partial charge in [-0.15, -0.1) is 0 Å². The van der Waals surface area contributed by atoms with E-state index in [4.69, 9.17) is 0 Å². The first-order valence-corrected chi connectivity index (χ1v) is 8.16. The third-order valence-electron chi connectivity index (χ3n) is 4.82. The van der Waals surface area contributed by atoms with Gasteiger partial charge in [0.15, 0.2) is 0 Å². The Morgan fingerprint density at radius 2 is 1.78 bits per heavy atom. The fourth-order valence-corrected chi connectivity index (χ4v) is 3.64. The van der Waals surface area contributed by atoms with Gasteiger partial charge in [0.05, 0.1) is 11.6 Å². The highest BCUT2D eigenvalue weighted by molar-refractivity contribution is 6.03. The predicted molar refractivity (Wildman–Crippen MR) is 92.7 cm³/mol. The van der Waals surface area contributed by atoms with Crippen LogP contribution in [0.3, 0.4) is 0 Å². The molecule has 0 bridgehead atoms. The molecule has 1 atom stereocenters. The number of rotatable bonds is 2. The van der Waals surface area contributed by atoms with Gasteiger partial charge in [-0.25, -0.2) is 0 Å². The minimum absolute atomic E-state index is 0.0575. The fourth-order valence-electron chi connectivity index (χ4n) is 3.64. The van der Waals surface area contributed by atoms with Crippen molar-refractivity contribution in [1.82, 2.24) is 9.47 Å². The Hall–Kier alpha value is -2.39. The number of hydrogen-bond acceptors (Lipinski definition) is 2. The zero-order valence-electron chi connectivity index (χ0n) is 13.3. The molecule has 0 radical (unpaired) electrons. The lowest BCUT2D eigenvalue weighted by Gasteiger charge is -2.21. The summed E-state index contributed by atoms with van der Waals surface area (Å²) in [6.45, 7) is 1.09. The SMILES string of the molecule is CN1CCCC1c1cc2ccccc2n1C(=O)c1ccccc1. The average molecular weight is 304 g/mol. The maximum absolute atomic E-state index is 13.2. The second kappa shape index (κ2) is 5.67. The first-order chi connectivity index (χ1) is 11.3. The molecular weight excluding hydrogens is 284 g/mol. The van der Waals surface area contributed by atoms with Gasteiger partial charge in [-0.3, -0.25) is 14.3 Å². The van der Waals surface area contributed by atoms with E-state index in [0.29, 0.717) is 6.04 Å². The minimum Gasteiger partial charge on any atom is -0.298 e. The molecule has 1 aromatic heterocycles. The summed E-state index contributed by atoms with van der Waals surface area (Å²) in [5, 5.41) is 1.13. The van der Waals surface area contributed by atoms with Crippen LogP contribution in [0.2, 0.25) is 0 Å². The van der Waals surface area contributed by atoms with Gasteiger partial charge in [0, 0.05) is 16.6 Å². The molecule has 1 saturated heterocycles. The van der Waals surface area contributed by atoms with E-state index < -0.39 is 0 Å². The monoisotopic (exact) mass is 304 g/mol. The highest BCUT2D eigenvalue weighted by atomic mass is 16.2. The number of fused-ring (bicyclic) bond motifs is 1. The average Bonchev–Trinajstić information content (AvgIpc) is 3.18. The molecule has 1 aliphatic heterocycles. The zero-order chi connectivity index (χ0) is 15.8. The molecule has 23 heavy (non-hydrogen) atoms. The molecule has 2 aromatic carbocycles. The van der Waals surface area contributed by atoms with Gasteiger partial charge in [-0.05, 0) is 50.7 Å². The lowest BCUT2D eigenvalue weighted by atomic mass is 10.1. The van der Waals surface area contributed by atoms with Crippen LogP contribution in [0.4, 0.5) is 0 Å². The minimum atomic E-state index is 0.0575. The first-order valence-electron chi connectivity index (χ1n) is 8.16. The Bertz CT molecular complexity index is 850.